The molecule has 3 aromatic carbocycles. The van der Waals surface area contributed by atoms with Gasteiger partial charge in [0.2, 0.25) is 0 Å². The molecule has 0 saturated carbocycles. The molecule has 2 heteroatoms. The lowest BCUT2D eigenvalue weighted by atomic mass is 10.1. The Labute approximate surface area is 136 Å². The van der Waals surface area contributed by atoms with Gasteiger partial charge in [-0.05, 0) is 47.4 Å². The summed E-state index contributed by atoms with van der Waals surface area (Å²) in [6.07, 6.45) is 0.850. The van der Waals surface area contributed by atoms with Crippen LogP contribution in [0, 0.1) is 0 Å². The maximum absolute atomic E-state index is 6.04. The molecule has 3 rings (SSSR count). The Morgan fingerprint density at radius 2 is 1.36 bits per heavy atom. The van der Waals surface area contributed by atoms with Crippen LogP contribution in [0.5, 0.6) is 5.75 Å². The van der Waals surface area contributed by atoms with E-state index < -0.39 is 0 Å². The third kappa shape index (κ3) is 4.12. The highest BCUT2D eigenvalue weighted by Crippen LogP contribution is 2.19. The normalized spacial score (nSPS) is 10.4. The molecule has 0 amide bonds. The minimum atomic E-state index is 0.585. The average molecular weight is 309 g/mol. The molecular formula is C20H17ClO. The molecule has 0 saturated heterocycles. The predicted octanol–water partition coefficient (Wildman–Crippen LogP) is 5.51. The monoisotopic (exact) mass is 308 g/mol. The summed E-state index contributed by atoms with van der Waals surface area (Å²) in [5.74, 6) is 0.892. The van der Waals surface area contributed by atoms with Gasteiger partial charge in [0.15, 0.2) is 0 Å². The van der Waals surface area contributed by atoms with Gasteiger partial charge in [0.05, 0.1) is 0 Å². The van der Waals surface area contributed by atoms with Crippen molar-refractivity contribution in [2.24, 2.45) is 0 Å². The number of ether oxygens (including phenoxy) is 1. The minimum Gasteiger partial charge on any atom is -0.489 e. The zero-order valence-electron chi connectivity index (χ0n) is 12.2. The van der Waals surface area contributed by atoms with Crippen LogP contribution in [-0.2, 0) is 13.0 Å². The van der Waals surface area contributed by atoms with Crippen LogP contribution in [0.3, 0.4) is 0 Å². The number of rotatable bonds is 5. The number of hydrogen-bond donors (Lipinski definition) is 0. The van der Waals surface area contributed by atoms with E-state index >= 15 is 0 Å². The molecule has 3 aromatic rings. The Morgan fingerprint density at radius 1 is 0.682 bits per heavy atom. The van der Waals surface area contributed by atoms with Gasteiger partial charge in [-0.25, -0.2) is 0 Å². The fourth-order valence-corrected chi connectivity index (χ4v) is 2.58. The number of halogens is 1. The third-order valence-corrected chi connectivity index (χ3v) is 3.68. The highest BCUT2D eigenvalue weighted by atomic mass is 35.5. The maximum atomic E-state index is 6.04. The number of hydrogen-bond acceptors (Lipinski definition) is 1. The summed E-state index contributed by atoms with van der Waals surface area (Å²) >= 11 is 6.04. The maximum Gasteiger partial charge on any atom is 0.120 e. The first-order chi connectivity index (χ1) is 10.8. The first kappa shape index (κ1) is 14.7. The zero-order valence-corrected chi connectivity index (χ0v) is 13.0. The highest BCUT2D eigenvalue weighted by molar-refractivity contribution is 6.30. The summed E-state index contributed by atoms with van der Waals surface area (Å²) in [6, 6.07) is 26.4. The Morgan fingerprint density at radius 3 is 2.14 bits per heavy atom. The summed E-state index contributed by atoms with van der Waals surface area (Å²) in [5, 5.41) is 0.772. The molecule has 0 N–H and O–H groups in total. The van der Waals surface area contributed by atoms with Gasteiger partial charge in [-0.15, -0.1) is 0 Å². The summed E-state index contributed by atoms with van der Waals surface area (Å²) < 4.78 is 5.87. The molecule has 0 bridgehead atoms. The molecule has 0 aliphatic carbocycles. The van der Waals surface area contributed by atoms with Crippen molar-refractivity contribution < 1.29 is 4.74 Å². The Bertz CT molecular complexity index is 737. The van der Waals surface area contributed by atoms with Crippen LogP contribution in [0.25, 0.3) is 0 Å². The van der Waals surface area contributed by atoms with Crippen LogP contribution in [0.1, 0.15) is 16.7 Å². The average Bonchev–Trinajstić information content (AvgIpc) is 2.54. The fourth-order valence-electron chi connectivity index (χ4n) is 2.37. The van der Waals surface area contributed by atoms with Gasteiger partial charge in [0.1, 0.15) is 12.4 Å². The fraction of sp³-hybridized carbons (Fsp3) is 0.100. The quantitative estimate of drug-likeness (QED) is 0.604. The highest BCUT2D eigenvalue weighted by Gasteiger charge is 2.01. The molecular weight excluding hydrogens is 292 g/mol. The van der Waals surface area contributed by atoms with Crippen molar-refractivity contribution >= 4 is 11.6 Å². The van der Waals surface area contributed by atoms with Crippen molar-refractivity contribution in [3.63, 3.8) is 0 Å². The molecule has 110 valence electrons. The second kappa shape index (κ2) is 7.15. The second-order valence-corrected chi connectivity index (χ2v) is 5.66. The van der Waals surface area contributed by atoms with E-state index in [1.54, 1.807) is 0 Å². The first-order valence-electron chi connectivity index (χ1n) is 7.30. The van der Waals surface area contributed by atoms with Crippen molar-refractivity contribution in [3.8, 4) is 5.75 Å². The SMILES string of the molecule is Clc1cccc(Cc2cccc(OCc3ccccc3)c2)c1. The molecule has 0 atom stereocenters. The predicted molar refractivity (Wildman–Crippen MR) is 91.5 cm³/mol. The van der Waals surface area contributed by atoms with Crippen molar-refractivity contribution in [2.75, 3.05) is 0 Å². The van der Waals surface area contributed by atoms with E-state index in [0.717, 1.165) is 17.2 Å². The topological polar surface area (TPSA) is 9.23 Å². The van der Waals surface area contributed by atoms with E-state index in [9.17, 15) is 0 Å². The van der Waals surface area contributed by atoms with Crippen molar-refractivity contribution in [1.29, 1.82) is 0 Å². The Hall–Kier alpha value is -2.25. The first-order valence-corrected chi connectivity index (χ1v) is 7.67. The van der Waals surface area contributed by atoms with Gasteiger partial charge in [0, 0.05) is 5.02 Å². The van der Waals surface area contributed by atoms with Crippen molar-refractivity contribution in [1.82, 2.24) is 0 Å². The van der Waals surface area contributed by atoms with Crippen LogP contribution in [0.15, 0.2) is 78.9 Å². The van der Waals surface area contributed by atoms with Crippen LogP contribution < -0.4 is 4.74 Å². The van der Waals surface area contributed by atoms with E-state index in [1.165, 1.54) is 16.7 Å². The van der Waals surface area contributed by atoms with Crippen molar-refractivity contribution in [2.45, 2.75) is 13.0 Å². The molecule has 0 aliphatic rings. The van der Waals surface area contributed by atoms with Gasteiger partial charge in [-0.3, -0.25) is 0 Å². The van der Waals surface area contributed by atoms with Gasteiger partial charge in [0.25, 0.3) is 0 Å². The standard InChI is InChI=1S/C20H17ClO/c21-19-10-4-8-17(13-19)12-18-9-5-11-20(14-18)22-15-16-6-2-1-3-7-16/h1-11,13-14H,12,15H2. The van der Waals surface area contributed by atoms with Gasteiger partial charge in [-0.1, -0.05) is 66.2 Å². The molecule has 0 unspecified atom stereocenters. The smallest absolute Gasteiger partial charge is 0.120 e. The lowest BCUT2D eigenvalue weighted by molar-refractivity contribution is 0.306. The van der Waals surface area contributed by atoms with E-state index in [0.29, 0.717) is 6.61 Å². The Kier molecular flexibility index (Phi) is 4.77. The van der Waals surface area contributed by atoms with Gasteiger partial charge < -0.3 is 4.74 Å². The van der Waals surface area contributed by atoms with Crippen LogP contribution in [-0.4, -0.2) is 0 Å². The van der Waals surface area contributed by atoms with Crippen LogP contribution in [0.4, 0.5) is 0 Å². The summed E-state index contributed by atoms with van der Waals surface area (Å²) in [4.78, 5) is 0. The van der Waals surface area contributed by atoms with Gasteiger partial charge in [-0.2, -0.15) is 0 Å². The lowest BCUT2D eigenvalue weighted by Crippen LogP contribution is -1.96. The molecule has 1 nitrogen and oxygen atoms in total. The Balaban J connectivity index is 1.67. The molecule has 0 aliphatic heterocycles. The summed E-state index contributed by atoms with van der Waals surface area (Å²) in [5.41, 5.74) is 3.59. The number of benzene rings is 3. The van der Waals surface area contributed by atoms with Crippen molar-refractivity contribution in [3.05, 3.63) is 101 Å². The molecule has 22 heavy (non-hydrogen) atoms. The third-order valence-electron chi connectivity index (χ3n) is 3.44. The van der Waals surface area contributed by atoms with E-state index in [4.69, 9.17) is 16.3 Å². The van der Waals surface area contributed by atoms with E-state index in [1.807, 2.05) is 48.5 Å². The van der Waals surface area contributed by atoms with E-state index in [2.05, 4.69) is 30.3 Å². The summed E-state index contributed by atoms with van der Waals surface area (Å²) in [6.45, 7) is 0.585. The van der Waals surface area contributed by atoms with Crippen LogP contribution in [0.2, 0.25) is 5.02 Å². The molecule has 0 heterocycles. The van der Waals surface area contributed by atoms with E-state index in [-0.39, 0.29) is 0 Å². The minimum absolute atomic E-state index is 0.585. The van der Waals surface area contributed by atoms with Crippen LogP contribution >= 0.6 is 11.6 Å². The largest absolute Gasteiger partial charge is 0.489 e. The molecule has 0 fully saturated rings. The van der Waals surface area contributed by atoms with Gasteiger partial charge >= 0.3 is 0 Å². The summed E-state index contributed by atoms with van der Waals surface area (Å²) in [7, 11) is 0. The molecule has 0 spiro atoms. The lowest BCUT2D eigenvalue weighted by Gasteiger charge is -2.08. The molecule has 0 radical (unpaired) electrons. The molecule has 0 aromatic heterocycles. The zero-order chi connectivity index (χ0) is 15.2. The second-order valence-electron chi connectivity index (χ2n) is 5.23.